The molecule has 1 amide bonds. The summed E-state index contributed by atoms with van der Waals surface area (Å²) in [6.45, 7) is 7.06. The lowest BCUT2D eigenvalue weighted by atomic mass is 9.87. The minimum atomic E-state index is -0.0241. The van der Waals surface area contributed by atoms with Gasteiger partial charge in [-0.15, -0.1) is 0 Å². The summed E-state index contributed by atoms with van der Waals surface area (Å²) in [5, 5.41) is 3.49. The summed E-state index contributed by atoms with van der Waals surface area (Å²) in [5.41, 5.74) is 2.17. The second-order valence-corrected chi connectivity index (χ2v) is 7.22. The molecule has 4 heteroatoms. The van der Waals surface area contributed by atoms with Gasteiger partial charge >= 0.3 is 0 Å². The molecule has 0 heterocycles. The lowest BCUT2D eigenvalue weighted by Crippen LogP contribution is -2.13. The van der Waals surface area contributed by atoms with Crippen molar-refractivity contribution in [3.8, 4) is 5.75 Å². The zero-order valence-corrected chi connectivity index (χ0v) is 15.2. The van der Waals surface area contributed by atoms with Crippen molar-refractivity contribution in [3.05, 3.63) is 59.1 Å². The third kappa shape index (κ3) is 5.89. The van der Waals surface area contributed by atoms with Gasteiger partial charge in [0.2, 0.25) is 5.91 Å². The molecule has 0 aromatic heterocycles. The zero-order valence-electron chi connectivity index (χ0n) is 14.4. The normalized spacial score (nSPS) is 11.2. The lowest BCUT2D eigenvalue weighted by molar-refractivity contribution is -0.116. The van der Waals surface area contributed by atoms with Gasteiger partial charge in [-0.1, -0.05) is 44.5 Å². The van der Waals surface area contributed by atoms with Crippen molar-refractivity contribution in [3.63, 3.8) is 0 Å². The van der Waals surface area contributed by atoms with E-state index in [1.54, 1.807) is 24.3 Å². The fraction of sp³-hybridized carbons (Fsp3) is 0.350. The molecule has 0 saturated heterocycles. The number of hydrogen-bond acceptors (Lipinski definition) is 2. The minimum Gasteiger partial charge on any atom is -0.494 e. The van der Waals surface area contributed by atoms with Gasteiger partial charge in [0.25, 0.3) is 0 Å². The summed E-state index contributed by atoms with van der Waals surface area (Å²) >= 11 is 5.81. The predicted octanol–water partition coefficient (Wildman–Crippen LogP) is 5.44. The summed E-state index contributed by atoms with van der Waals surface area (Å²) in [4.78, 5) is 11.9. The van der Waals surface area contributed by atoms with Crippen molar-refractivity contribution in [2.75, 3.05) is 11.9 Å². The summed E-state index contributed by atoms with van der Waals surface area (Å²) in [5.74, 6) is 0.810. The van der Waals surface area contributed by atoms with Crippen LogP contribution in [0.5, 0.6) is 5.75 Å². The number of anilines is 1. The summed E-state index contributed by atoms with van der Waals surface area (Å²) < 4.78 is 5.69. The van der Waals surface area contributed by atoms with Crippen LogP contribution in [0, 0.1) is 0 Å². The highest BCUT2D eigenvalue weighted by Crippen LogP contribution is 2.24. The minimum absolute atomic E-state index is 0.0241. The highest BCUT2D eigenvalue weighted by atomic mass is 35.5. The molecular weight excluding hydrogens is 322 g/mol. The van der Waals surface area contributed by atoms with Crippen LogP contribution in [0.25, 0.3) is 0 Å². The van der Waals surface area contributed by atoms with Crippen LogP contribution in [-0.2, 0) is 10.2 Å². The SMILES string of the molecule is CC(C)(C)c1ccc(OCCCC(=O)Nc2ccc(Cl)cc2)cc1. The Bertz CT molecular complexity index is 658. The van der Waals surface area contributed by atoms with Crippen molar-refractivity contribution >= 4 is 23.2 Å². The maximum Gasteiger partial charge on any atom is 0.224 e. The van der Waals surface area contributed by atoms with E-state index >= 15 is 0 Å². The number of amides is 1. The molecule has 0 aliphatic heterocycles. The van der Waals surface area contributed by atoms with Crippen molar-refractivity contribution in [2.45, 2.75) is 39.0 Å². The summed E-state index contributed by atoms with van der Waals surface area (Å²) in [7, 11) is 0. The van der Waals surface area contributed by atoms with Crippen LogP contribution in [-0.4, -0.2) is 12.5 Å². The number of halogens is 1. The van der Waals surface area contributed by atoms with Crippen molar-refractivity contribution in [2.24, 2.45) is 0 Å². The third-order valence-corrected chi connectivity index (χ3v) is 3.92. The molecule has 2 rings (SSSR count). The summed E-state index contributed by atoms with van der Waals surface area (Å²) in [6, 6.07) is 15.2. The van der Waals surface area contributed by atoms with Gasteiger partial charge in [-0.2, -0.15) is 0 Å². The van der Waals surface area contributed by atoms with Crippen LogP contribution in [0.15, 0.2) is 48.5 Å². The van der Waals surface area contributed by atoms with Crippen molar-refractivity contribution in [1.29, 1.82) is 0 Å². The number of ether oxygens (including phenoxy) is 1. The first-order valence-corrected chi connectivity index (χ1v) is 8.51. The molecule has 3 nitrogen and oxygen atoms in total. The Labute approximate surface area is 149 Å². The second-order valence-electron chi connectivity index (χ2n) is 6.78. The van der Waals surface area contributed by atoms with Crippen molar-refractivity contribution < 1.29 is 9.53 Å². The van der Waals surface area contributed by atoms with Gasteiger partial charge in [0.15, 0.2) is 0 Å². The van der Waals surface area contributed by atoms with Gasteiger partial charge in [-0.25, -0.2) is 0 Å². The molecule has 1 N–H and O–H groups in total. The van der Waals surface area contributed by atoms with Crippen molar-refractivity contribution in [1.82, 2.24) is 0 Å². The molecule has 0 saturated carbocycles. The van der Waals surface area contributed by atoms with Gasteiger partial charge in [0.1, 0.15) is 5.75 Å². The van der Waals surface area contributed by atoms with E-state index in [2.05, 4.69) is 38.2 Å². The third-order valence-electron chi connectivity index (χ3n) is 3.67. The molecule has 0 fully saturated rings. The number of carbonyl (C=O) groups excluding carboxylic acids is 1. The molecule has 2 aromatic carbocycles. The molecule has 0 unspecified atom stereocenters. The highest BCUT2D eigenvalue weighted by Gasteiger charge is 2.12. The van der Waals surface area contributed by atoms with E-state index in [0.717, 1.165) is 11.4 Å². The topological polar surface area (TPSA) is 38.3 Å². The zero-order chi connectivity index (χ0) is 17.6. The molecule has 0 aliphatic rings. The van der Waals surface area contributed by atoms with E-state index in [4.69, 9.17) is 16.3 Å². The first-order valence-electron chi connectivity index (χ1n) is 8.13. The number of nitrogens with one attached hydrogen (secondary N) is 1. The quantitative estimate of drug-likeness (QED) is 0.708. The number of benzene rings is 2. The maximum absolute atomic E-state index is 11.9. The molecule has 0 bridgehead atoms. The molecule has 128 valence electrons. The van der Waals surface area contributed by atoms with Crippen LogP contribution < -0.4 is 10.1 Å². The number of rotatable bonds is 6. The van der Waals surface area contributed by atoms with Gasteiger partial charge < -0.3 is 10.1 Å². The van der Waals surface area contributed by atoms with Gasteiger partial charge in [0.05, 0.1) is 6.61 Å². The molecule has 2 aromatic rings. The highest BCUT2D eigenvalue weighted by molar-refractivity contribution is 6.30. The maximum atomic E-state index is 11.9. The predicted molar refractivity (Wildman–Crippen MR) is 100.0 cm³/mol. The standard InChI is InChI=1S/C20H24ClNO2/c1-20(2,3)15-6-12-18(13-7-15)24-14-4-5-19(23)22-17-10-8-16(21)9-11-17/h6-13H,4-5,14H2,1-3H3,(H,22,23). The van der Waals surface area contributed by atoms with Crippen LogP contribution in [0.1, 0.15) is 39.2 Å². The Kier molecular flexibility index (Phi) is 6.27. The lowest BCUT2D eigenvalue weighted by Gasteiger charge is -2.19. The Morgan fingerprint density at radius 1 is 1.04 bits per heavy atom. The van der Waals surface area contributed by atoms with E-state index < -0.39 is 0 Å². The van der Waals surface area contributed by atoms with Gasteiger partial charge in [0, 0.05) is 17.1 Å². The molecule has 0 radical (unpaired) electrons. The average Bonchev–Trinajstić information content (AvgIpc) is 2.53. The van der Waals surface area contributed by atoms with E-state index in [0.29, 0.717) is 24.5 Å². The molecular formula is C20H24ClNO2. The smallest absolute Gasteiger partial charge is 0.224 e. The first kappa shape index (κ1) is 18.3. The van der Waals surface area contributed by atoms with Gasteiger partial charge in [-0.3, -0.25) is 4.79 Å². The summed E-state index contributed by atoms with van der Waals surface area (Å²) in [6.07, 6.45) is 1.09. The Balaban J connectivity index is 1.70. The monoisotopic (exact) mass is 345 g/mol. The number of carbonyl (C=O) groups is 1. The van der Waals surface area contributed by atoms with Crippen LogP contribution in [0.3, 0.4) is 0 Å². The number of hydrogen-bond donors (Lipinski definition) is 1. The van der Waals surface area contributed by atoms with Crippen LogP contribution in [0.4, 0.5) is 5.69 Å². The molecule has 0 aliphatic carbocycles. The second kappa shape index (κ2) is 8.20. The largest absolute Gasteiger partial charge is 0.494 e. The molecule has 0 atom stereocenters. The Hall–Kier alpha value is -2.00. The molecule has 24 heavy (non-hydrogen) atoms. The van der Waals surface area contributed by atoms with E-state index in [1.807, 2.05) is 12.1 Å². The van der Waals surface area contributed by atoms with Crippen LogP contribution >= 0.6 is 11.6 Å². The van der Waals surface area contributed by atoms with Crippen LogP contribution in [0.2, 0.25) is 5.02 Å². The first-order chi connectivity index (χ1) is 11.3. The molecule has 0 spiro atoms. The Morgan fingerprint density at radius 2 is 1.67 bits per heavy atom. The fourth-order valence-corrected chi connectivity index (χ4v) is 2.36. The fourth-order valence-electron chi connectivity index (χ4n) is 2.23. The average molecular weight is 346 g/mol. The van der Waals surface area contributed by atoms with E-state index in [9.17, 15) is 4.79 Å². The van der Waals surface area contributed by atoms with Gasteiger partial charge in [-0.05, 0) is 53.8 Å². The van der Waals surface area contributed by atoms with E-state index in [-0.39, 0.29) is 11.3 Å². The van der Waals surface area contributed by atoms with E-state index in [1.165, 1.54) is 5.56 Å². The Morgan fingerprint density at radius 3 is 2.25 bits per heavy atom.